The third-order valence-corrected chi connectivity index (χ3v) is 5.53. The Morgan fingerprint density at radius 3 is 2.61 bits per heavy atom. The van der Waals surface area contributed by atoms with Gasteiger partial charge in [0.25, 0.3) is 0 Å². The van der Waals surface area contributed by atoms with E-state index in [1.54, 1.807) is 0 Å². The molecule has 23 heavy (non-hydrogen) atoms. The van der Waals surface area contributed by atoms with Gasteiger partial charge >= 0.3 is 5.97 Å². The van der Waals surface area contributed by atoms with E-state index in [1.807, 2.05) is 0 Å². The van der Waals surface area contributed by atoms with Gasteiger partial charge in [-0.2, -0.15) is 4.31 Å². The molecule has 0 aliphatic carbocycles. The predicted octanol–water partition coefficient (Wildman–Crippen LogP) is 1.09. The molecule has 1 fully saturated rings. The van der Waals surface area contributed by atoms with Gasteiger partial charge in [0.1, 0.15) is 23.1 Å². The summed E-state index contributed by atoms with van der Waals surface area (Å²) < 4.78 is 49.9. The molecule has 1 aromatic rings. The zero-order valence-electron chi connectivity index (χ0n) is 12.6. The molecule has 128 valence electrons. The van der Waals surface area contributed by atoms with Crippen LogP contribution < -0.4 is 4.74 Å². The van der Waals surface area contributed by atoms with E-state index in [9.17, 15) is 17.6 Å². The summed E-state index contributed by atoms with van der Waals surface area (Å²) in [5.41, 5.74) is 0. The second-order valence-corrected chi connectivity index (χ2v) is 7.01. The van der Waals surface area contributed by atoms with Gasteiger partial charge in [-0.05, 0) is 25.0 Å². The van der Waals surface area contributed by atoms with Crippen molar-refractivity contribution in [2.24, 2.45) is 0 Å². The van der Waals surface area contributed by atoms with Gasteiger partial charge in [0, 0.05) is 19.2 Å². The molecular weight excluding hydrogens is 329 g/mol. The summed E-state index contributed by atoms with van der Waals surface area (Å²) in [5, 5.41) is 8.58. The quantitative estimate of drug-likeness (QED) is 0.828. The van der Waals surface area contributed by atoms with Crippen molar-refractivity contribution >= 4 is 16.0 Å². The predicted molar refractivity (Wildman–Crippen MR) is 78.3 cm³/mol. The van der Waals surface area contributed by atoms with Crippen LogP contribution >= 0.6 is 0 Å². The maximum Gasteiger partial charge on any atom is 0.329 e. The molecule has 0 radical (unpaired) electrons. The highest BCUT2D eigenvalue weighted by atomic mass is 32.2. The van der Waals surface area contributed by atoms with Crippen LogP contribution in [0.5, 0.6) is 5.75 Å². The summed E-state index contributed by atoms with van der Waals surface area (Å²) in [6, 6.07) is 3.27. The largest absolute Gasteiger partial charge is 0.495 e. The fourth-order valence-electron chi connectivity index (χ4n) is 2.42. The van der Waals surface area contributed by atoms with E-state index in [1.165, 1.54) is 17.5 Å². The maximum absolute atomic E-state index is 13.2. The average Bonchev–Trinajstić information content (AvgIpc) is 2.52. The minimum atomic E-state index is -3.81. The first-order valence-corrected chi connectivity index (χ1v) is 8.45. The molecular formula is C14H18FNO6S. The van der Waals surface area contributed by atoms with Crippen molar-refractivity contribution in [3.05, 3.63) is 24.0 Å². The summed E-state index contributed by atoms with van der Waals surface area (Å²) in [6.45, 7) is 0.00347. The summed E-state index contributed by atoms with van der Waals surface area (Å²) >= 11 is 0. The highest BCUT2D eigenvalue weighted by molar-refractivity contribution is 7.89. The lowest BCUT2D eigenvalue weighted by Crippen LogP contribution is -2.41. The van der Waals surface area contributed by atoms with Gasteiger partial charge in [-0.15, -0.1) is 0 Å². The van der Waals surface area contributed by atoms with Crippen LogP contribution in [-0.4, -0.2) is 56.7 Å². The van der Waals surface area contributed by atoms with Gasteiger partial charge in [0.15, 0.2) is 0 Å². The number of carboxylic acids is 1. The number of carbonyl (C=O) groups is 1. The van der Waals surface area contributed by atoms with Crippen LogP contribution in [0.25, 0.3) is 0 Å². The van der Waals surface area contributed by atoms with Gasteiger partial charge in [-0.1, -0.05) is 0 Å². The van der Waals surface area contributed by atoms with E-state index in [0.29, 0.717) is 12.8 Å². The zero-order valence-corrected chi connectivity index (χ0v) is 13.4. The second-order valence-electron chi connectivity index (χ2n) is 5.10. The first kappa shape index (κ1) is 17.6. The van der Waals surface area contributed by atoms with Crippen LogP contribution in [-0.2, 0) is 19.6 Å². The lowest BCUT2D eigenvalue weighted by Gasteiger charge is -2.31. The second kappa shape index (κ2) is 7.24. The molecule has 1 aliphatic heterocycles. The number of benzene rings is 1. The fourth-order valence-corrected chi connectivity index (χ4v) is 4.03. The molecule has 0 spiro atoms. The first-order chi connectivity index (χ1) is 10.8. The number of piperidine rings is 1. The highest BCUT2D eigenvalue weighted by Gasteiger charge is 2.32. The minimum Gasteiger partial charge on any atom is -0.495 e. The van der Waals surface area contributed by atoms with Crippen LogP contribution in [0.4, 0.5) is 4.39 Å². The molecule has 0 aromatic heterocycles. The smallest absolute Gasteiger partial charge is 0.329 e. The molecule has 2 rings (SSSR count). The molecule has 9 heteroatoms. The standard InChI is InChI=1S/C14H18FNO6S/c1-21-12-8-10(15)2-3-13(12)23(19,20)16-6-4-11(5-7-16)22-9-14(17)18/h2-3,8,11H,4-7,9H2,1H3,(H,17,18). The molecule has 1 aliphatic rings. The molecule has 0 saturated carbocycles. The highest BCUT2D eigenvalue weighted by Crippen LogP contribution is 2.29. The summed E-state index contributed by atoms with van der Waals surface area (Å²) in [6.07, 6.45) is 0.513. The molecule has 1 N–H and O–H groups in total. The maximum atomic E-state index is 13.2. The zero-order chi connectivity index (χ0) is 17.0. The van der Waals surface area contributed by atoms with Crippen molar-refractivity contribution in [2.75, 3.05) is 26.8 Å². The van der Waals surface area contributed by atoms with Gasteiger partial charge < -0.3 is 14.6 Å². The van der Waals surface area contributed by atoms with Crippen molar-refractivity contribution in [1.82, 2.24) is 4.31 Å². The van der Waals surface area contributed by atoms with Crippen LogP contribution in [0.15, 0.2) is 23.1 Å². The number of ether oxygens (including phenoxy) is 2. The number of sulfonamides is 1. The topological polar surface area (TPSA) is 93.1 Å². The number of rotatable bonds is 6. The molecule has 0 unspecified atom stereocenters. The normalized spacial score (nSPS) is 17.1. The van der Waals surface area contributed by atoms with Crippen LogP contribution in [0.3, 0.4) is 0 Å². The van der Waals surface area contributed by atoms with E-state index < -0.39 is 28.4 Å². The number of halogens is 1. The van der Waals surface area contributed by atoms with Crippen molar-refractivity contribution in [2.45, 2.75) is 23.8 Å². The monoisotopic (exact) mass is 347 g/mol. The molecule has 1 aromatic carbocycles. The Morgan fingerprint density at radius 2 is 2.04 bits per heavy atom. The van der Waals surface area contributed by atoms with Crippen molar-refractivity contribution in [3.8, 4) is 5.75 Å². The molecule has 1 heterocycles. The lowest BCUT2D eigenvalue weighted by atomic mass is 10.1. The Labute approximate surface area is 133 Å². The number of aliphatic carboxylic acids is 1. The van der Waals surface area contributed by atoms with Crippen LogP contribution in [0.1, 0.15) is 12.8 Å². The van der Waals surface area contributed by atoms with E-state index in [2.05, 4.69) is 0 Å². The molecule has 7 nitrogen and oxygen atoms in total. The van der Waals surface area contributed by atoms with Crippen LogP contribution in [0.2, 0.25) is 0 Å². The van der Waals surface area contributed by atoms with E-state index in [4.69, 9.17) is 14.6 Å². The Hall–Kier alpha value is -1.71. The molecule has 0 atom stereocenters. The lowest BCUT2D eigenvalue weighted by molar-refractivity contribution is -0.145. The fraction of sp³-hybridized carbons (Fsp3) is 0.500. The molecule has 1 saturated heterocycles. The molecule has 0 bridgehead atoms. The molecule has 0 amide bonds. The minimum absolute atomic E-state index is 0.0470. The van der Waals surface area contributed by atoms with Crippen molar-refractivity contribution < 1.29 is 32.2 Å². The van der Waals surface area contributed by atoms with Gasteiger partial charge in [0.05, 0.1) is 13.2 Å². The van der Waals surface area contributed by atoms with Crippen LogP contribution in [0, 0.1) is 5.82 Å². The Morgan fingerprint density at radius 1 is 1.39 bits per heavy atom. The number of methoxy groups -OCH3 is 1. The van der Waals surface area contributed by atoms with E-state index in [0.717, 1.165) is 12.1 Å². The third-order valence-electron chi connectivity index (χ3n) is 3.59. The summed E-state index contributed by atoms with van der Waals surface area (Å²) in [7, 11) is -2.53. The van der Waals surface area contributed by atoms with Gasteiger partial charge in [-0.25, -0.2) is 17.6 Å². The summed E-state index contributed by atoms with van der Waals surface area (Å²) in [4.78, 5) is 10.4. The van der Waals surface area contributed by atoms with Crippen molar-refractivity contribution in [1.29, 1.82) is 0 Å². The third kappa shape index (κ3) is 4.18. The van der Waals surface area contributed by atoms with E-state index >= 15 is 0 Å². The van der Waals surface area contributed by atoms with Gasteiger partial charge in [0.2, 0.25) is 10.0 Å². The van der Waals surface area contributed by atoms with Gasteiger partial charge in [-0.3, -0.25) is 0 Å². The summed E-state index contributed by atoms with van der Waals surface area (Å²) in [5.74, 6) is -1.69. The Balaban J connectivity index is 2.09. The first-order valence-electron chi connectivity index (χ1n) is 7.01. The number of hydrogen-bond acceptors (Lipinski definition) is 5. The van der Waals surface area contributed by atoms with E-state index in [-0.39, 0.29) is 29.8 Å². The average molecular weight is 347 g/mol. The number of hydrogen-bond donors (Lipinski definition) is 1. The Bertz CT molecular complexity index is 670. The Kier molecular flexibility index (Phi) is 5.55. The number of nitrogens with zero attached hydrogens (tertiary/aromatic N) is 1. The SMILES string of the molecule is COc1cc(F)ccc1S(=O)(=O)N1CCC(OCC(=O)O)CC1. The van der Waals surface area contributed by atoms with Crippen molar-refractivity contribution in [3.63, 3.8) is 0 Å². The number of carboxylic acid groups (broad SMARTS) is 1.